The Balaban J connectivity index is 1.90. The Hall–Kier alpha value is -3.12. The zero-order valence-corrected chi connectivity index (χ0v) is 16.3. The molecule has 2 aromatic rings. The molecule has 0 radical (unpaired) electrons. The van der Waals surface area contributed by atoms with Crippen molar-refractivity contribution in [3.05, 3.63) is 64.3 Å². The predicted molar refractivity (Wildman–Crippen MR) is 106 cm³/mol. The molecule has 3 rings (SSSR count). The minimum absolute atomic E-state index is 0.135. The Morgan fingerprint density at radius 3 is 2.50 bits per heavy atom. The quantitative estimate of drug-likeness (QED) is 0.426. The number of carbonyl (C=O) groups excluding carboxylic acids is 2. The molecule has 144 valence electrons. The monoisotopic (exact) mass is 399 g/mol. The van der Waals surface area contributed by atoms with Gasteiger partial charge in [-0.2, -0.15) is 0 Å². The van der Waals surface area contributed by atoms with Gasteiger partial charge in [0.15, 0.2) is 17.2 Å². The summed E-state index contributed by atoms with van der Waals surface area (Å²) in [7, 11) is 1.48. The average Bonchev–Trinajstić information content (AvgIpc) is 3.03. The van der Waals surface area contributed by atoms with Gasteiger partial charge < -0.3 is 14.2 Å². The summed E-state index contributed by atoms with van der Waals surface area (Å²) in [6.07, 6.45) is 1.55. The number of nitrogens with zero attached hydrogens (tertiary/aromatic N) is 1. The number of carbonyl (C=O) groups is 2. The first-order chi connectivity index (χ1) is 13.4. The molecule has 0 N–H and O–H groups in total. The van der Waals surface area contributed by atoms with Crippen molar-refractivity contribution in [2.24, 2.45) is 10.9 Å². The molecule has 0 amide bonds. The van der Waals surface area contributed by atoms with Crippen LogP contribution in [0.2, 0.25) is 5.02 Å². The van der Waals surface area contributed by atoms with E-state index in [1.54, 1.807) is 62.4 Å². The highest BCUT2D eigenvalue weighted by atomic mass is 35.5. The maximum absolute atomic E-state index is 12.2. The lowest BCUT2D eigenvalue weighted by Gasteiger charge is -2.11. The van der Waals surface area contributed by atoms with Gasteiger partial charge in [-0.1, -0.05) is 31.5 Å². The predicted octanol–water partition coefficient (Wildman–Crippen LogP) is 4.25. The Morgan fingerprint density at radius 2 is 1.86 bits per heavy atom. The Morgan fingerprint density at radius 1 is 1.14 bits per heavy atom. The zero-order valence-electron chi connectivity index (χ0n) is 15.6. The molecule has 0 unspecified atom stereocenters. The van der Waals surface area contributed by atoms with Crippen LogP contribution in [-0.4, -0.2) is 24.9 Å². The van der Waals surface area contributed by atoms with Crippen molar-refractivity contribution in [3.8, 4) is 11.5 Å². The number of esters is 2. The number of rotatable bonds is 5. The summed E-state index contributed by atoms with van der Waals surface area (Å²) < 4.78 is 15.8. The maximum atomic E-state index is 12.2. The fourth-order valence-electron chi connectivity index (χ4n) is 2.37. The van der Waals surface area contributed by atoms with Crippen LogP contribution in [0, 0.1) is 5.92 Å². The van der Waals surface area contributed by atoms with E-state index in [1.807, 2.05) is 0 Å². The maximum Gasteiger partial charge on any atom is 0.363 e. The van der Waals surface area contributed by atoms with E-state index in [-0.39, 0.29) is 29.2 Å². The van der Waals surface area contributed by atoms with Gasteiger partial charge in [-0.3, -0.25) is 4.79 Å². The number of ether oxygens (including phenoxy) is 3. The van der Waals surface area contributed by atoms with Gasteiger partial charge in [-0.05, 0) is 48.0 Å². The molecule has 1 aliphatic rings. The van der Waals surface area contributed by atoms with Gasteiger partial charge >= 0.3 is 11.9 Å². The minimum Gasteiger partial charge on any atom is -0.493 e. The van der Waals surface area contributed by atoms with E-state index in [4.69, 9.17) is 25.8 Å². The Bertz CT molecular complexity index is 977. The fraction of sp³-hybridized carbons (Fsp3) is 0.190. The van der Waals surface area contributed by atoms with Gasteiger partial charge in [0.1, 0.15) is 0 Å². The lowest BCUT2D eigenvalue weighted by molar-refractivity contribution is -0.137. The molecule has 0 bridgehead atoms. The van der Waals surface area contributed by atoms with E-state index in [0.717, 1.165) is 0 Å². The molecule has 1 aliphatic heterocycles. The number of methoxy groups -OCH3 is 1. The largest absolute Gasteiger partial charge is 0.493 e. The highest BCUT2D eigenvalue weighted by Crippen LogP contribution is 2.30. The highest BCUT2D eigenvalue weighted by Gasteiger charge is 2.24. The number of hydrogen-bond donors (Lipinski definition) is 0. The third-order valence-electron chi connectivity index (χ3n) is 3.88. The first kappa shape index (κ1) is 19.6. The van der Waals surface area contributed by atoms with Gasteiger partial charge in [0.2, 0.25) is 5.90 Å². The minimum atomic E-state index is -0.568. The van der Waals surface area contributed by atoms with Crippen LogP contribution in [0.15, 0.2) is 53.2 Å². The lowest BCUT2D eigenvalue weighted by Crippen LogP contribution is -2.15. The van der Waals surface area contributed by atoms with Gasteiger partial charge in [0.05, 0.1) is 13.0 Å². The first-order valence-electron chi connectivity index (χ1n) is 8.55. The van der Waals surface area contributed by atoms with Gasteiger partial charge in [0, 0.05) is 10.6 Å². The Labute approximate surface area is 167 Å². The van der Waals surface area contributed by atoms with E-state index in [1.165, 1.54) is 7.11 Å². The molecule has 6 nitrogen and oxygen atoms in total. The van der Waals surface area contributed by atoms with E-state index >= 15 is 0 Å². The molecule has 0 saturated heterocycles. The Kier molecular flexibility index (Phi) is 5.80. The van der Waals surface area contributed by atoms with Crippen molar-refractivity contribution < 1.29 is 23.8 Å². The molecular weight excluding hydrogens is 382 g/mol. The van der Waals surface area contributed by atoms with Crippen molar-refractivity contribution in [2.75, 3.05) is 7.11 Å². The second-order valence-electron chi connectivity index (χ2n) is 6.33. The molecule has 0 spiro atoms. The van der Waals surface area contributed by atoms with E-state index < -0.39 is 5.97 Å². The topological polar surface area (TPSA) is 74.2 Å². The number of hydrogen-bond acceptors (Lipinski definition) is 6. The summed E-state index contributed by atoms with van der Waals surface area (Å²) in [5, 5.41) is 0.575. The van der Waals surface area contributed by atoms with Gasteiger partial charge in [0.25, 0.3) is 0 Å². The summed E-state index contributed by atoms with van der Waals surface area (Å²) in [6, 6.07) is 11.8. The van der Waals surface area contributed by atoms with Crippen molar-refractivity contribution in [1.29, 1.82) is 0 Å². The smallest absolute Gasteiger partial charge is 0.363 e. The second-order valence-corrected chi connectivity index (χ2v) is 6.77. The molecular formula is C21H18ClNO5. The summed E-state index contributed by atoms with van der Waals surface area (Å²) in [4.78, 5) is 28.3. The van der Waals surface area contributed by atoms with Crippen LogP contribution >= 0.6 is 11.6 Å². The molecule has 0 fully saturated rings. The lowest BCUT2D eigenvalue weighted by atomic mass is 10.1. The van der Waals surface area contributed by atoms with Crippen LogP contribution in [0.5, 0.6) is 11.5 Å². The summed E-state index contributed by atoms with van der Waals surface area (Å²) in [5.41, 5.74) is 1.39. The van der Waals surface area contributed by atoms with Gasteiger partial charge in [-0.25, -0.2) is 9.79 Å². The summed E-state index contributed by atoms with van der Waals surface area (Å²) in [6.45, 7) is 3.48. The molecule has 0 saturated carbocycles. The van der Waals surface area contributed by atoms with Crippen LogP contribution in [-0.2, 0) is 14.3 Å². The van der Waals surface area contributed by atoms with Crippen molar-refractivity contribution in [1.82, 2.24) is 0 Å². The van der Waals surface area contributed by atoms with Crippen molar-refractivity contribution in [2.45, 2.75) is 13.8 Å². The normalized spacial score (nSPS) is 14.8. The SMILES string of the molecule is COc1ccc(/C=C2/N=C(c3ccc(Cl)cc3)OC2=O)cc1OC(=O)C(C)C. The zero-order chi connectivity index (χ0) is 20.3. The van der Waals surface area contributed by atoms with Crippen molar-refractivity contribution in [3.63, 3.8) is 0 Å². The molecule has 0 aromatic heterocycles. The third-order valence-corrected chi connectivity index (χ3v) is 4.14. The van der Waals surface area contributed by atoms with Crippen molar-refractivity contribution >= 4 is 35.5 Å². The van der Waals surface area contributed by atoms with Crippen LogP contribution in [0.3, 0.4) is 0 Å². The molecule has 1 heterocycles. The molecule has 0 aliphatic carbocycles. The molecule has 2 aromatic carbocycles. The number of halogens is 1. The van der Waals surface area contributed by atoms with E-state index in [2.05, 4.69) is 4.99 Å². The molecule has 7 heteroatoms. The molecule has 28 heavy (non-hydrogen) atoms. The standard InChI is InChI=1S/C21H18ClNO5/c1-12(2)20(24)27-18-11-13(4-9-17(18)26-3)10-16-21(25)28-19(23-16)14-5-7-15(22)8-6-14/h4-12H,1-3H3/b16-10+. The van der Waals surface area contributed by atoms with Crippen LogP contribution < -0.4 is 9.47 Å². The summed E-state index contributed by atoms with van der Waals surface area (Å²) >= 11 is 5.87. The average molecular weight is 400 g/mol. The highest BCUT2D eigenvalue weighted by molar-refractivity contribution is 6.30. The number of cyclic esters (lactones) is 1. The second kappa shape index (κ2) is 8.27. The first-order valence-corrected chi connectivity index (χ1v) is 8.93. The number of aliphatic imine (C=N–C) groups is 1. The fourth-order valence-corrected chi connectivity index (χ4v) is 2.50. The van der Waals surface area contributed by atoms with Gasteiger partial charge in [-0.15, -0.1) is 0 Å². The van der Waals surface area contributed by atoms with E-state index in [9.17, 15) is 9.59 Å². The molecule has 0 atom stereocenters. The number of benzene rings is 2. The third kappa shape index (κ3) is 4.40. The van der Waals surface area contributed by atoms with Crippen LogP contribution in [0.1, 0.15) is 25.0 Å². The van der Waals surface area contributed by atoms with Crippen LogP contribution in [0.25, 0.3) is 6.08 Å². The van der Waals surface area contributed by atoms with E-state index in [0.29, 0.717) is 21.9 Å². The summed E-state index contributed by atoms with van der Waals surface area (Å²) in [5.74, 6) is -0.358. The van der Waals surface area contributed by atoms with Crippen LogP contribution in [0.4, 0.5) is 0 Å².